The average Bonchev–Trinajstić information content (AvgIpc) is 2.83. The highest BCUT2D eigenvalue weighted by Gasteiger charge is 2.30. The molecule has 0 saturated heterocycles. The van der Waals surface area contributed by atoms with Gasteiger partial charge in [0.1, 0.15) is 23.7 Å². The highest BCUT2D eigenvalue weighted by Crippen LogP contribution is 2.10. The Morgan fingerprint density at radius 3 is 1.65 bits per heavy atom. The Bertz CT molecular complexity index is 1070. The Kier molecular flexibility index (Phi) is 10.9. The third-order valence-electron chi connectivity index (χ3n) is 5.22. The average molecular weight is 510 g/mol. The van der Waals surface area contributed by atoms with Crippen molar-refractivity contribution >= 4 is 23.9 Å². The molecule has 2 rings (SSSR count). The smallest absolute Gasteiger partial charge is 0.408 e. The summed E-state index contributed by atoms with van der Waals surface area (Å²) in [6, 6.07) is 14.8. The van der Waals surface area contributed by atoms with Gasteiger partial charge in [-0.05, 0) is 38.3 Å². The van der Waals surface area contributed by atoms with Crippen LogP contribution in [0, 0.1) is 0 Å². The molecule has 0 saturated carbocycles. The van der Waals surface area contributed by atoms with Crippen molar-refractivity contribution in [3.63, 3.8) is 0 Å². The SMILES string of the molecule is C=CC[C@@H](NC(=O)[C@@H](Cc1ccccc1)NC(=O)[C@@H](Cc1ccccc1)NC(=O)OC(C)(C)C)C(=O)O. The molecule has 0 spiro atoms. The molecule has 4 N–H and O–H groups in total. The van der Waals surface area contributed by atoms with Crippen LogP contribution in [0.2, 0.25) is 0 Å². The highest BCUT2D eigenvalue weighted by atomic mass is 16.6. The van der Waals surface area contributed by atoms with Gasteiger partial charge in [0, 0.05) is 12.8 Å². The number of ether oxygens (including phenoxy) is 1. The van der Waals surface area contributed by atoms with Crippen LogP contribution < -0.4 is 16.0 Å². The second kappa shape index (κ2) is 13.8. The number of carbonyl (C=O) groups is 4. The van der Waals surface area contributed by atoms with Gasteiger partial charge in [0.15, 0.2) is 0 Å². The van der Waals surface area contributed by atoms with Crippen molar-refractivity contribution in [3.05, 3.63) is 84.4 Å². The number of benzene rings is 2. The number of carboxylic acids is 1. The summed E-state index contributed by atoms with van der Waals surface area (Å²) < 4.78 is 5.33. The molecule has 0 aromatic heterocycles. The van der Waals surface area contributed by atoms with E-state index in [1.807, 2.05) is 36.4 Å². The predicted octanol–water partition coefficient (Wildman–Crippen LogP) is 3.00. The van der Waals surface area contributed by atoms with Crippen molar-refractivity contribution in [2.24, 2.45) is 0 Å². The van der Waals surface area contributed by atoms with Crippen molar-refractivity contribution in [2.45, 2.75) is 63.8 Å². The lowest BCUT2D eigenvalue weighted by Crippen LogP contribution is -2.57. The van der Waals surface area contributed by atoms with E-state index in [1.54, 1.807) is 45.0 Å². The zero-order valence-corrected chi connectivity index (χ0v) is 21.4. The van der Waals surface area contributed by atoms with E-state index >= 15 is 0 Å². The minimum absolute atomic E-state index is 0.0178. The molecule has 2 aromatic rings. The fourth-order valence-electron chi connectivity index (χ4n) is 3.50. The van der Waals surface area contributed by atoms with Gasteiger partial charge in [0.2, 0.25) is 11.8 Å². The third-order valence-corrected chi connectivity index (χ3v) is 5.22. The van der Waals surface area contributed by atoms with E-state index in [1.165, 1.54) is 6.08 Å². The van der Waals surface area contributed by atoms with Crippen LogP contribution in [0.4, 0.5) is 4.79 Å². The van der Waals surface area contributed by atoms with E-state index in [9.17, 15) is 24.3 Å². The first kappa shape index (κ1) is 29.1. The molecule has 9 nitrogen and oxygen atoms in total. The largest absolute Gasteiger partial charge is 0.480 e. The molecular formula is C28H35N3O6. The number of nitrogens with one attached hydrogen (secondary N) is 3. The topological polar surface area (TPSA) is 134 Å². The van der Waals surface area contributed by atoms with Crippen LogP contribution in [-0.2, 0) is 32.0 Å². The number of carbonyl (C=O) groups excluding carboxylic acids is 3. The summed E-state index contributed by atoms with van der Waals surface area (Å²) in [6.07, 6.45) is 0.905. The number of rotatable bonds is 12. The maximum Gasteiger partial charge on any atom is 0.408 e. The van der Waals surface area contributed by atoms with Gasteiger partial charge in [-0.2, -0.15) is 0 Å². The van der Waals surface area contributed by atoms with E-state index in [0.717, 1.165) is 11.1 Å². The lowest BCUT2D eigenvalue weighted by molar-refractivity contribution is -0.142. The Morgan fingerprint density at radius 1 is 0.811 bits per heavy atom. The number of hydrogen-bond donors (Lipinski definition) is 4. The van der Waals surface area contributed by atoms with Crippen molar-refractivity contribution < 1.29 is 29.0 Å². The van der Waals surface area contributed by atoms with E-state index in [2.05, 4.69) is 22.5 Å². The number of aliphatic carboxylic acids is 1. The predicted molar refractivity (Wildman–Crippen MR) is 140 cm³/mol. The quantitative estimate of drug-likeness (QED) is 0.325. The molecule has 0 heterocycles. The summed E-state index contributed by atoms with van der Waals surface area (Å²) in [6.45, 7) is 8.66. The van der Waals surface area contributed by atoms with Gasteiger partial charge < -0.3 is 25.8 Å². The summed E-state index contributed by atoms with van der Waals surface area (Å²) in [5, 5.41) is 17.2. The van der Waals surface area contributed by atoms with E-state index in [4.69, 9.17) is 4.74 Å². The first-order chi connectivity index (χ1) is 17.5. The van der Waals surface area contributed by atoms with Gasteiger partial charge >= 0.3 is 12.1 Å². The Morgan fingerprint density at radius 2 is 1.24 bits per heavy atom. The summed E-state index contributed by atoms with van der Waals surface area (Å²) >= 11 is 0. The molecule has 37 heavy (non-hydrogen) atoms. The minimum atomic E-state index is -1.22. The van der Waals surface area contributed by atoms with Crippen molar-refractivity contribution in [1.29, 1.82) is 0 Å². The monoisotopic (exact) mass is 509 g/mol. The number of hydrogen-bond acceptors (Lipinski definition) is 5. The minimum Gasteiger partial charge on any atom is -0.480 e. The van der Waals surface area contributed by atoms with Crippen LogP contribution in [-0.4, -0.2) is 52.7 Å². The van der Waals surface area contributed by atoms with Crippen molar-refractivity contribution in [1.82, 2.24) is 16.0 Å². The molecule has 0 aliphatic carbocycles. The van der Waals surface area contributed by atoms with E-state index in [0.29, 0.717) is 0 Å². The Labute approximate surface area is 217 Å². The van der Waals surface area contributed by atoms with Crippen molar-refractivity contribution in [3.8, 4) is 0 Å². The van der Waals surface area contributed by atoms with Gasteiger partial charge in [-0.25, -0.2) is 9.59 Å². The molecule has 0 fully saturated rings. The number of amides is 3. The molecular weight excluding hydrogens is 474 g/mol. The van der Waals surface area contributed by atoms with E-state index in [-0.39, 0.29) is 19.3 Å². The summed E-state index contributed by atoms with van der Waals surface area (Å²) in [7, 11) is 0. The zero-order valence-electron chi connectivity index (χ0n) is 21.4. The Hall–Kier alpha value is -4.14. The van der Waals surface area contributed by atoms with Gasteiger partial charge in [0.05, 0.1) is 0 Å². The fourth-order valence-corrected chi connectivity index (χ4v) is 3.50. The van der Waals surface area contributed by atoms with Crippen LogP contribution in [0.15, 0.2) is 73.3 Å². The van der Waals surface area contributed by atoms with Gasteiger partial charge in [-0.3, -0.25) is 9.59 Å². The molecule has 9 heteroatoms. The second-order valence-electron chi connectivity index (χ2n) is 9.56. The molecule has 0 bridgehead atoms. The molecule has 0 radical (unpaired) electrons. The first-order valence-electron chi connectivity index (χ1n) is 12.0. The maximum absolute atomic E-state index is 13.4. The first-order valence-corrected chi connectivity index (χ1v) is 12.0. The van der Waals surface area contributed by atoms with Crippen LogP contribution in [0.1, 0.15) is 38.3 Å². The van der Waals surface area contributed by atoms with Gasteiger partial charge in [-0.15, -0.1) is 6.58 Å². The lowest BCUT2D eigenvalue weighted by atomic mass is 10.0. The third kappa shape index (κ3) is 10.6. The number of carboxylic acid groups (broad SMARTS) is 1. The molecule has 0 aliphatic rings. The highest BCUT2D eigenvalue weighted by molar-refractivity contribution is 5.93. The van der Waals surface area contributed by atoms with Crippen molar-refractivity contribution in [2.75, 3.05) is 0 Å². The molecule has 3 atom stereocenters. The summed E-state index contributed by atoms with van der Waals surface area (Å²) in [4.78, 5) is 50.6. The second-order valence-corrected chi connectivity index (χ2v) is 9.56. The Balaban J connectivity index is 2.28. The molecule has 2 aromatic carbocycles. The normalized spacial score (nSPS) is 13.4. The molecule has 3 amide bonds. The fraction of sp³-hybridized carbons (Fsp3) is 0.357. The van der Waals surface area contributed by atoms with Crippen LogP contribution in [0.3, 0.4) is 0 Å². The van der Waals surface area contributed by atoms with Gasteiger partial charge in [0.25, 0.3) is 0 Å². The summed E-state index contributed by atoms with van der Waals surface area (Å²) in [5.74, 6) is -2.49. The molecule has 0 aliphatic heterocycles. The number of alkyl carbamates (subject to hydrolysis) is 1. The van der Waals surface area contributed by atoms with E-state index < -0.39 is 47.6 Å². The zero-order chi connectivity index (χ0) is 27.4. The van der Waals surface area contributed by atoms with Crippen LogP contribution in [0.5, 0.6) is 0 Å². The standard InChI is InChI=1S/C28H35N3O6/c1-5-12-21(26(34)35)29-24(32)22(17-19-13-8-6-9-14-19)30-25(33)23(18-20-15-10-7-11-16-20)31-27(36)37-28(2,3)4/h5-11,13-16,21-23H,1,12,17-18H2,2-4H3,(H,29,32)(H,30,33)(H,31,36)(H,34,35)/t21-,22-,23-/m1/s1. The summed E-state index contributed by atoms with van der Waals surface area (Å²) in [5.41, 5.74) is 0.780. The maximum atomic E-state index is 13.4. The molecule has 0 unspecified atom stereocenters. The van der Waals surface area contributed by atoms with Crippen LogP contribution >= 0.6 is 0 Å². The van der Waals surface area contributed by atoms with Crippen LogP contribution in [0.25, 0.3) is 0 Å². The van der Waals surface area contributed by atoms with Gasteiger partial charge in [-0.1, -0.05) is 66.7 Å². The molecule has 198 valence electrons. The lowest BCUT2D eigenvalue weighted by Gasteiger charge is -2.26.